The van der Waals surface area contributed by atoms with Gasteiger partial charge in [0.2, 0.25) is 0 Å². The average Bonchev–Trinajstić information content (AvgIpc) is 3.50. The van der Waals surface area contributed by atoms with E-state index in [0.29, 0.717) is 41.0 Å². The molecule has 0 fully saturated rings. The van der Waals surface area contributed by atoms with Gasteiger partial charge in [-0.25, -0.2) is 9.67 Å². The third-order valence-electron chi connectivity index (χ3n) is 5.34. The predicted octanol–water partition coefficient (Wildman–Crippen LogP) is 4.36. The molecule has 0 saturated heterocycles. The van der Waals surface area contributed by atoms with Crippen LogP contribution in [0.3, 0.4) is 0 Å². The molecule has 0 aliphatic heterocycles. The maximum absolute atomic E-state index is 13.1. The number of nitrogens with one attached hydrogen (secondary N) is 1. The zero-order valence-corrected chi connectivity index (χ0v) is 17.5. The molecule has 0 unspecified atom stereocenters. The van der Waals surface area contributed by atoms with E-state index in [0.717, 1.165) is 16.8 Å². The summed E-state index contributed by atoms with van der Waals surface area (Å²) in [5.74, 6) is -0.172. The minimum Gasteiger partial charge on any atom is -0.352 e. The van der Waals surface area contributed by atoms with Gasteiger partial charge in [-0.1, -0.05) is 47.6 Å². The zero-order chi connectivity index (χ0) is 21.9. The lowest BCUT2D eigenvalue weighted by Crippen LogP contribution is -2.26. The van der Waals surface area contributed by atoms with E-state index < -0.39 is 0 Å². The Hall–Kier alpha value is -4.26. The molecule has 7 nitrogen and oxygen atoms in total. The molecule has 1 N–H and O–H groups in total. The molecular weight excluding hydrogens is 402 g/mol. The molecule has 0 bridgehead atoms. The normalized spacial score (nSPS) is 11.0. The summed E-state index contributed by atoms with van der Waals surface area (Å²) in [6.07, 6.45) is 4.37. The third-order valence-corrected chi connectivity index (χ3v) is 5.34. The molecule has 158 valence electrons. The summed E-state index contributed by atoms with van der Waals surface area (Å²) in [6.45, 7) is 2.32. The minimum atomic E-state index is -0.172. The molecule has 0 radical (unpaired) electrons. The summed E-state index contributed by atoms with van der Waals surface area (Å²) in [4.78, 5) is 17.6. The van der Waals surface area contributed by atoms with Crippen LogP contribution >= 0.6 is 0 Å². The van der Waals surface area contributed by atoms with Crippen LogP contribution in [0.5, 0.6) is 0 Å². The van der Waals surface area contributed by atoms with Crippen molar-refractivity contribution in [2.45, 2.75) is 13.3 Å². The summed E-state index contributed by atoms with van der Waals surface area (Å²) in [5, 5.41) is 11.9. The van der Waals surface area contributed by atoms with Crippen molar-refractivity contribution in [3.8, 4) is 16.9 Å². The van der Waals surface area contributed by atoms with Crippen molar-refractivity contribution < 1.29 is 9.32 Å². The summed E-state index contributed by atoms with van der Waals surface area (Å²) in [5.41, 5.74) is 5.24. The summed E-state index contributed by atoms with van der Waals surface area (Å²) >= 11 is 0. The number of pyridine rings is 1. The highest BCUT2D eigenvalue weighted by Crippen LogP contribution is 2.27. The lowest BCUT2D eigenvalue weighted by molar-refractivity contribution is 0.0955. The number of carbonyl (C=O) groups is 1. The Labute approximate surface area is 184 Å². The monoisotopic (exact) mass is 423 g/mol. The molecule has 5 rings (SSSR count). The van der Waals surface area contributed by atoms with Gasteiger partial charge in [0, 0.05) is 24.5 Å². The molecular formula is C25H21N5O2. The molecule has 1 amide bonds. The molecule has 3 aromatic heterocycles. The van der Waals surface area contributed by atoms with Gasteiger partial charge in [0.1, 0.15) is 0 Å². The Morgan fingerprint density at radius 2 is 1.88 bits per heavy atom. The van der Waals surface area contributed by atoms with Gasteiger partial charge in [0.15, 0.2) is 0 Å². The number of hydrogen-bond acceptors (Lipinski definition) is 5. The van der Waals surface area contributed by atoms with Crippen molar-refractivity contribution >= 4 is 17.0 Å². The molecule has 0 saturated carbocycles. The van der Waals surface area contributed by atoms with Gasteiger partial charge in [0.05, 0.1) is 28.0 Å². The first-order valence-electron chi connectivity index (χ1n) is 10.4. The first kappa shape index (κ1) is 19.7. The molecule has 0 aliphatic carbocycles. The first-order valence-corrected chi connectivity index (χ1v) is 10.4. The molecule has 2 aromatic carbocycles. The Bertz CT molecular complexity index is 1360. The fourth-order valence-electron chi connectivity index (χ4n) is 3.68. The number of hydrogen-bond donors (Lipinski definition) is 1. The van der Waals surface area contributed by atoms with Crippen LogP contribution in [0.2, 0.25) is 0 Å². The van der Waals surface area contributed by atoms with Gasteiger partial charge in [-0.05, 0) is 43.2 Å². The zero-order valence-electron chi connectivity index (χ0n) is 17.5. The second-order valence-corrected chi connectivity index (χ2v) is 7.49. The summed E-state index contributed by atoms with van der Waals surface area (Å²) < 4.78 is 7.18. The van der Waals surface area contributed by atoms with Crippen LogP contribution in [-0.2, 0) is 6.42 Å². The van der Waals surface area contributed by atoms with Gasteiger partial charge in [-0.2, -0.15) is 5.10 Å². The first-order chi connectivity index (χ1) is 15.7. The predicted molar refractivity (Wildman–Crippen MR) is 122 cm³/mol. The smallest absolute Gasteiger partial charge is 0.259 e. The second-order valence-electron chi connectivity index (χ2n) is 7.49. The fourth-order valence-corrected chi connectivity index (χ4v) is 3.68. The molecule has 0 spiro atoms. The number of nitrogens with zero attached hydrogens (tertiary/aromatic N) is 4. The van der Waals surface area contributed by atoms with Crippen LogP contribution in [0.15, 0.2) is 83.6 Å². The van der Waals surface area contributed by atoms with Crippen molar-refractivity contribution in [2.24, 2.45) is 0 Å². The average molecular weight is 423 g/mol. The topological polar surface area (TPSA) is 85.8 Å². The number of fused-ring (bicyclic) bond motifs is 1. The fraction of sp³-hybridized carbons (Fsp3) is 0.120. The Morgan fingerprint density at radius 3 is 2.62 bits per heavy atom. The number of aryl methyl sites for hydroxylation is 1. The number of amides is 1. The van der Waals surface area contributed by atoms with E-state index in [-0.39, 0.29) is 5.91 Å². The summed E-state index contributed by atoms with van der Waals surface area (Å²) in [6, 6.07) is 21.5. The van der Waals surface area contributed by atoms with Gasteiger partial charge in [-0.3, -0.25) is 4.79 Å². The van der Waals surface area contributed by atoms with E-state index >= 15 is 0 Å². The van der Waals surface area contributed by atoms with Gasteiger partial charge in [-0.15, -0.1) is 0 Å². The minimum absolute atomic E-state index is 0.172. The van der Waals surface area contributed by atoms with Crippen LogP contribution < -0.4 is 5.32 Å². The summed E-state index contributed by atoms with van der Waals surface area (Å²) in [7, 11) is 0. The van der Waals surface area contributed by atoms with Crippen LogP contribution in [-0.4, -0.2) is 32.4 Å². The molecule has 0 atom stereocenters. The lowest BCUT2D eigenvalue weighted by Gasteiger charge is -2.09. The second kappa shape index (κ2) is 8.47. The van der Waals surface area contributed by atoms with Crippen molar-refractivity contribution in [3.05, 3.63) is 95.9 Å². The third kappa shape index (κ3) is 3.88. The van der Waals surface area contributed by atoms with E-state index in [2.05, 4.69) is 20.6 Å². The number of carbonyl (C=O) groups excluding carboxylic acids is 1. The largest absolute Gasteiger partial charge is 0.352 e. The maximum Gasteiger partial charge on any atom is 0.259 e. The van der Waals surface area contributed by atoms with Gasteiger partial charge >= 0.3 is 0 Å². The van der Waals surface area contributed by atoms with E-state index in [9.17, 15) is 4.79 Å². The molecule has 0 aliphatic rings. The van der Waals surface area contributed by atoms with Crippen molar-refractivity contribution in [3.63, 3.8) is 0 Å². The highest BCUT2D eigenvalue weighted by molar-refractivity contribution is 6.07. The van der Waals surface area contributed by atoms with E-state index in [4.69, 9.17) is 4.52 Å². The Balaban J connectivity index is 1.33. The SMILES string of the molecule is Cc1noc2nc(-c3ccccc3)cc(C(=O)NCCc3ccc(-n4cccn4)cc3)c12. The van der Waals surface area contributed by atoms with Crippen LogP contribution in [0.4, 0.5) is 0 Å². The highest BCUT2D eigenvalue weighted by atomic mass is 16.5. The van der Waals surface area contributed by atoms with Crippen LogP contribution in [0.25, 0.3) is 28.0 Å². The van der Waals surface area contributed by atoms with E-state index in [1.807, 2.05) is 78.5 Å². The Morgan fingerprint density at radius 1 is 1.06 bits per heavy atom. The van der Waals surface area contributed by atoms with Gasteiger partial charge < -0.3 is 9.84 Å². The Kier molecular flexibility index (Phi) is 5.21. The molecule has 32 heavy (non-hydrogen) atoms. The lowest BCUT2D eigenvalue weighted by atomic mass is 10.0. The number of rotatable bonds is 6. The maximum atomic E-state index is 13.1. The molecule has 5 aromatic rings. The van der Waals surface area contributed by atoms with E-state index in [1.54, 1.807) is 12.3 Å². The standard InChI is InChI=1S/C25H21N5O2/c1-17-23-21(16-22(28-25(23)32-29-17)19-6-3-2-4-7-19)24(31)26-14-12-18-8-10-20(11-9-18)30-15-5-13-27-30/h2-11,13,15-16H,12,14H2,1H3,(H,26,31). The van der Waals surface area contributed by atoms with Gasteiger partial charge in [0.25, 0.3) is 11.6 Å². The van der Waals surface area contributed by atoms with Crippen molar-refractivity contribution in [1.82, 2.24) is 25.2 Å². The van der Waals surface area contributed by atoms with E-state index in [1.165, 1.54) is 0 Å². The van der Waals surface area contributed by atoms with Crippen molar-refractivity contribution in [1.29, 1.82) is 0 Å². The van der Waals surface area contributed by atoms with Crippen LogP contribution in [0.1, 0.15) is 21.6 Å². The number of aromatic nitrogens is 4. The van der Waals surface area contributed by atoms with Crippen LogP contribution in [0, 0.1) is 6.92 Å². The number of benzene rings is 2. The quantitative estimate of drug-likeness (QED) is 0.439. The molecule has 3 heterocycles. The molecule has 7 heteroatoms. The van der Waals surface area contributed by atoms with Crippen molar-refractivity contribution in [2.75, 3.05) is 6.54 Å². The highest BCUT2D eigenvalue weighted by Gasteiger charge is 2.19.